The number of fused-ring (bicyclic) bond motifs is 1. The van der Waals surface area contributed by atoms with Crippen molar-refractivity contribution in [2.24, 2.45) is 0 Å². The number of aromatic nitrogens is 2. The minimum absolute atomic E-state index is 0.196. The van der Waals surface area contributed by atoms with Crippen LogP contribution in [0.4, 0.5) is 0 Å². The lowest BCUT2D eigenvalue weighted by Gasteiger charge is -2.07. The molecule has 0 saturated heterocycles. The second-order valence-corrected chi connectivity index (χ2v) is 4.89. The van der Waals surface area contributed by atoms with E-state index in [1.165, 1.54) is 0 Å². The molecule has 0 atom stereocenters. The minimum atomic E-state index is -0.196. The van der Waals surface area contributed by atoms with E-state index < -0.39 is 0 Å². The Morgan fingerprint density at radius 1 is 1.15 bits per heavy atom. The Kier molecular flexibility index (Phi) is 3.53. The van der Waals surface area contributed by atoms with Crippen molar-refractivity contribution in [2.75, 3.05) is 0 Å². The van der Waals surface area contributed by atoms with Crippen LogP contribution in [-0.2, 0) is 6.61 Å². The van der Waals surface area contributed by atoms with Crippen molar-refractivity contribution in [3.05, 3.63) is 58.3 Å². The predicted molar refractivity (Wildman–Crippen MR) is 77.7 cm³/mol. The van der Waals surface area contributed by atoms with Gasteiger partial charge in [0, 0.05) is 6.20 Å². The third kappa shape index (κ3) is 2.22. The van der Waals surface area contributed by atoms with Crippen LogP contribution in [0.5, 0.6) is 11.6 Å². The number of nitrogens with zero attached hydrogens (tertiary/aromatic N) is 2. The fourth-order valence-corrected chi connectivity index (χ4v) is 2.25. The molecule has 0 aliphatic rings. The van der Waals surface area contributed by atoms with Gasteiger partial charge in [0.15, 0.2) is 0 Å². The molecule has 4 nitrogen and oxygen atoms in total. The van der Waals surface area contributed by atoms with Gasteiger partial charge < -0.3 is 9.84 Å². The Balaban J connectivity index is 2.08. The first-order valence-electron chi connectivity index (χ1n) is 5.89. The quantitative estimate of drug-likeness (QED) is 0.797. The molecule has 102 valence electrons. The van der Waals surface area contributed by atoms with Gasteiger partial charge >= 0.3 is 0 Å². The van der Waals surface area contributed by atoms with Crippen molar-refractivity contribution < 1.29 is 9.84 Å². The first-order chi connectivity index (χ1) is 9.70. The molecule has 0 unspecified atom stereocenters. The number of aliphatic hydroxyl groups is 1. The van der Waals surface area contributed by atoms with Crippen LogP contribution in [-0.4, -0.2) is 14.5 Å². The molecule has 2 aromatic heterocycles. The molecule has 0 aliphatic heterocycles. The van der Waals surface area contributed by atoms with Gasteiger partial charge in [0.1, 0.15) is 22.1 Å². The summed E-state index contributed by atoms with van der Waals surface area (Å²) in [5.74, 6) is 0.708. The van der Waals surface area contributed by atoms with Crippen LogP contribution < -0.4 is 4.74 Å². The highest BCUT2D eigenvalue weighted by atomic mass is 35.5. The highest BCUT2D eigenvalue weighted by molar-refractivity contribution is 6.42. The number of rotatable bonds is 3. The van der Waals surface area contributed by atoms with Gasteiger partial charge in [-0.3, -0.25) is 4.40 Å². The summed E-state index contributed by atoms with van der Waals surface area (Å²) in [5.41, 5.74) is 1.24. The van der Waals surface area contributed by atoms with Gasteiger partial charge in [-0.05, 0) is 24.3 Å². The summed E-state index contributed by atoms with van der Waals surface area (Å²) in [6.07, 6.45) is 1.81. The number of ether oxygens (including phenoxy) is 1. The molecule has 0 radical (unpaired) electrons. The largest absolute Gasteiger partial charge is 0.436 e. The maximum Gasteiger partial charge on any atom is 0.243 e. The van der Waals surface area contributed by atoms with Crippen LogP contribution in [0.1, 0.15) is 5.69 Å². The molecule has 0 saturated carbocycles. The number of hydrogen-bond donors (Lipinski definition) is 1. The molecule has 0 bridgehead atoms. The topological polar surface area (TPSA) is 46.8 Å². The zero-order chi connectivity index (χ0) is 14.1. The van der Waals surface area contributed by atoms with Crippen molar-refractivity contribution in [1.82, 2.24) is 9.38 Å². The maximum atomic E-state index is 9.51. The zero-order valence-corrected chi connectivity index (χ0v) is 11.8. The fourth-order valence-electron chi connectivity index (χ4n) is 1.92. The highest BCUT2D eigenvalue weighted by Crippen LogP contribution is 2.35. The van der Waals surface area contributed by atoms with Crippen LogP contribution in [0, 0.1) is 0 Å². The van der Waals surface area contributed by atoms with Crippen LogP contribution >= 0.6 is 23.2 Å². The van der Waals surface area contributed by atoms with Gasteiger partial charge in [0.05, 0.1) is 11.6 Å². The Hall–Kier alpha value is -1.75. The van der Waals surface area contributed by atoms with Crippen LogP contribution in [0.15, 0.2) is 42.6 Å². The van der Waals surface area contributed by atoms with Crippen LogP contribution in [0.25, 0.3) is 5.65 Å². The summed E-state index contributed by atoms with van der Waals surface area (Å²) in [4.78, 5) is 4.33. The van der Waals surface area contributed by atoms with Crippen molar-refractivity contribution in [1.29, 1.82) is 0 Å². The van der Waals surface area contributed by atoms with Crippen molar-refractivity contribution in [3.8, 4) is 11.6 Å². The normalized spacial score (nSPS) is 10.9. The number of hydrogen-bond acceptors (Lipinski definition) is 3. The molecule has 3 aromatic rings. The average Bonchev–Trinajstić information content (AvgIpc) is 2.81. The monoisotopic (exact) mass is 308 g/mol. The molecule has 0 spiro atoms. The molecule has 0 amide bonds. The summed E-state index contributed by atoms with van der Waals surface area (Å²) in [7, 11) is 0. The second-order valence-electron chi connectivity index (χ2n) is 4.10. The number of imidazole rings is 1. The molecule has 6 heteroatoms. The van der Waals surface area contributed by atoms with E-state index in [9.17, 15) is 5.11 Å². The van der Waals surface area contributed by atoms with E-state index in [1.54, 1.807) is 28.8 Å². The molecule has 1 N–H and O–H groups in total. The summed E-state index contributed by atoms with van der Waals surface area (Å²) < 4.78 is 7.45. The third-order valence-corrected chi connectivity index (χ3v) is 3.67. The number of halogens is 2. The Bertz CT molecular complexity index is 771. The number of pyridine rings is 1. The smallest absolute Gasteiger partial charge is 0.243 e. The molecule has 2 heterocycles. The zero-order valence-electron chi connectivity index (χ0n) is 10.3. The SMILES string of the molecule is OCc1c(Oc2cccc(Cl)c2Cl)nc2ccccn12. The summed E-state index contributed by atoms with van der Waals surface area (Å²) in [6.45, 7) is -0.196. The van der Waals surface area contributed by atoms with Crippen LogP contribution in [0.3, 0.4) is 0 Å². The Labute approximate surface area is 125 Å². The molecular weight excluding hydrogens is 299 g/mol. The molecule has 3 rings (SSSR count). The minimum Gasteiger partial charge on any atom is -0.436 e. The lowest BCUT2D eigenvalue weighted by molar-refractivity contribution is 0.269. The Morgan fingerprint density at radius 2 is 2.00 bits per heavy atom. The lowest BCUT2D eigenvalue weighted by atomic mass is 10.3. The third-order valence-electron chi connectivity index (χ3n) is 2.86. The van der Waals surface area contributed by atoms with Crippen molar-refractivity contribution >= 4 is 28.8 Å². The van der Waals surface area contributed by atoms with Gasteiger partial charge in [0.2, 0.25) is 5.88 Å². The lowest BCUT2D eigenvalue weighted by Crippen LogP contribution is -1.94. The number of aliphatic hydroxyl groups excluding tert-OH is 1. The van der Waals surface area contributed by atoms with E-state index >= 15 is 0 Å². The highest BCUT2D eigenvalue weighted by Gasteiger charge is 2.15. The van der Waals surface area contributed by atoms with Crippen molar-refractivity contribution in [3.63, 3.8) is 0 Å². The molecule has 0 aliphatic carbocycles. The van der Waals surface area contributed by atoms with E-state index in [1.807, 2.05) is 18.2 Å². The standard InChI is InChI=1S/C14H10Cl2N2O2/c15-9-4-3-5-11(13(9)16)20-14-10(8-19)18-7-2-1-6-12(18)17-14/h1-7,19H,8H2. The van der Waals surface area contributed by atoms with E-state index in [2.05, 4.69) is 4.98 Å². The van der Waals surface area contributed by atoms with Gasteiger partial charge in [0.25, 0.3) is 0 Å². The fraction of sp³-hybridized carbons (Fsp3) is 0.0714. The van der Waals surface area contributed by atoms with E-state index in [-0.39, 0.29) is 6.61 Å². The van der Waals surface area contributed by atoms with Gasteiger partial charge in [-0.2, -0.15) is 4.98 Å². The first kappa shape index (κ1) is 13.2. The summed E-state index contributed by atoms with van der Waals surface area (Å²) in [5, 5.41) is 10.2. The number of benzene rings is 1. The van der Waals surface area contributed by atoms with Gasteiger partial charge in [-0.25, -0.2) is 0 Å². The van der Waals surface area contributed by atoms with E-state index in [4.69, 9.17) is 27.9 Å². The predicted octanol–water partition coefficient (Wildman–Crippen LogP) is 3.93. The molecule has 1 aromatic carbocycles. The Morgan fingerprint density at radius 3 is 2.80 bits per heavy atom. The molecular formula is C14H10Cl2N2O2. The molecule has 0 fully saturated rings. The summed E-state index contributed by atoms with van der Waals surface area (Å²) >= 11 is 12.0. The maximum absolute atomic E-state index is 9.51. The van der Waals surface area contributed by atoms with Crippen LogP contribution in [0.2, 0.25) is 10.0 Å². The summed E-state index contributed by atoms with van der Waals surface area (Å²) in [6, 6.07) is 10.6. The van der Waals surface area contributed by atoms with Gasteiger partial charge in [-0.15, -0.1) is 0 Å². The van der Waals surface area contributed by atoms with Crippen molar-refractivity contribution in [2.45, 2.75) is 6.61 Å². The second kappa shape index (κ2) is 5.32. The first-order valence-corrected chi connectivity index (χ1v) is 6.65. The molecule has 20 heavy (non-hydrogen) atoms. The van der Waals surface area contributed by atoms with E-state index in [0.29, 0.717) is 33.0 Å². The van der Waals surface area contributed by atoms with Gasteiger partial charge in [-0.1, -0.05) is 35.3 Å². The average molecular weight is 309 g/mol. The van der Waals surface area contributed by atoms with E-state index in [0.717, 1.165) is 0 Å².